The minimum absolute atomic E-state index is 0.164. The van der Waals surface area contributed by atoms with E-state index in [2.05, 4.69) is 75.1 Å². The van der Waals surface area contributed by atoms with Crippen molar-refractivity contribution in [2.45, 2.75) is 27.3 Å². The molecule has 0 bridgehead atoms. The summed E-state index contributed by atoms with van der Waals surface area (Å²) in [5.41, 5.74) is 6.34. The first-order valence-corrected chi connectivity index (χ1v) is 9.23. The molecule has 24 heavy (non-hydrogen) atoms. The summed E-state index contributed by atoms with van der Waals surface area (Å²) < 4.78 is 1.53. The van der Waals surface area contributed by atoms with Gasteiger partial charge in [0.25, 0.3) is 0 Å². The van der Waals surface area contributed by atoms with Gasteiger partial charge in [-0.25, -0.2) is 4.98 Å². The number of aromatic hydroxyl groups is 1. The van der Waals surface area contributed by atoms with Crippen LogP contribution in [0.1, 0.15) is 22.4 Å². The molecule has 124 valence electrons. The molecule has 1 heterocycles. The van der Waals surface area contributed by atoms with Gasteiger partial charge in [-0.05, 0) is 77.7 Å². The first-order chi connectivity index (χ1) is 11.4. The Morgan fingerprint density at radius 2 is 1.79 bits per heavy atom. The Morgan fingerprint density at radius 3 is 2.54 bits per heavy atom. The van der Waals surface area contributed by atoms with Crippen molar-refractivity contribution < 1.29 is 5.11 Å². The number of phenols is 1. The molecule has 1 aromatic heterocycles. The monoisotopic (exact) mass is 448 g/mol. The molecular weight excluding hydrogens is 432 g/mol. The van der Waals surface area contributed by atoms with Gasteiger partial charge in [-0.1, -0.05) is 22.0 Å². The first kappa shape index (κ1) is 17.2. The normalized spacial score (nSPS) is 11.0. The molecule has 0 saturated carbocycles. The lowest BCUT2D eigenvalue weighted by Gasteiger charge is -2.13. The number of benzene rings is 2. The van der Waals surface area contributed by atoms with Crippen molar-refractivity contribution in [2.24, 2.45) is 0 Å². The lowest BCUT2D eigenvalue weighted by molar-refractivity contribution is 0.477. The van der Waals surface area contributed by atoms with E-state index in [1.807, 2.05) is 18.2 Å². The van der Waals surface area contributed by atoms with E-state index < -0.39 is 0 Å². The molecule has 0 aliphatic heterocycles. The highest BCUT2D eigenvalue weighted by atomic mass is 79.9. The molecule has 0 unspecified atom stereocenters. The van der Waals surface area contributed by atoms with Crippen LogP contribution in [0.15, 0.2) is 39.3 Å². The number of phenolic OH excluding ortho intramolecular Hbond substituents is 1. The lowest BCUT2D eigenvalue weighted by atomic mass is 10.0. The van der Waals surface area contributed by atoms with Crippen LogP contribution in [0.25, 0.3) is 10.9 Å². The summed E-state index contributed by atoms with van der Waals surface area (Å²) in [6.45, 7) is 6.93. The number of halogens is 2. The van der Waals surface area contributed by atoms with E-state index in [0.717, 1.165) is 21.2 Å². The zero-order valence-corrected chi connectivity index (χ0v) is 16.9. The van der Waals surface area contributed by atoms with Crippen LogP contribution < -0.4 is 5.32 Å². The van der Waals surface area contributed by atoms with Crippen molar-refractivity contribution in [2.75, 3.05) is 5.32 Å². The molecular formula is C19H18Br2N2O. The smallest absolute Gasteiger partial charge is 0.156 e. The van der Waals surface area contributed by atoms with E-state index in [0.29, 0.717) is 16.5 Å². The maximum atomic E-state index is 10.3. The Bertz CT molecular complexity index is 939. The third kappa shape index (κ3) is 3.28. The lowest BCUT2D eigenvalue weighted by Crippen LogP contribution is -2.04. The Morgan fingerprint density at radius 1 is 1.04 bits per heavy atom. The standard InChI is InChI=1S/C19H18Br2N2O/c1-10-6-11(2)12(3)17(7-10)22-9-13-4-5-14-15(20)8-16(21)19(24)18(14)23-13/h4-8,22,24H,9H2,1-3H3. The number of hydrogen-bond donors (Lipinski definition) is 2. The summed E-state index contributed by atoms with van der Waals surface area (Å²) in [7, 11) is 0. The van der Waals surface area contributed by atoms with E-state index in [-0.39, 0.29) is 5.75 Å². The fraction of sp³-hybridized carbons (Fsp3) is 0.211. The van der Waals surface area contributed by atoms with Crippen molar-refractivity contribution in [1.29, 1.82) is 0 Å². The molecule has 0 saturated heterocycles. The number of aromatic nitrogens is 1. The summed E-state index contributed by atoms with van der Waals surface area (Å²) >= 11 is 6.87. The van der Waals surface area contributed by atoms with Gasteiger partial charge >= 0.3 is 0 Å². The molecule has 0 amide bonds. The number of rotatable bonds is 3. The van der Waals surface area contributed by atoms with Gasteiger partial charge < -0.3 is 10.4 Å². The van der Waals surface area contributed by atoms with Crippen LogP contribution in [0, 0.1) is 20.8 Å². The second kappa shape index (κ2) is 6.73. The minimum atomic E-state index is 0.164. The summed E-state index contributed by atoms with van der Waals surface area (Å²) in [6.07, 6.45) is 0. The zero-order chi connectivity index (χ0) is 17.4. The number of pyridine rings is 1. The van der Waals surface area contributed by atoms with Crippen LogP contribution in [0.4, 0.5) is 5.69 Å². The second-order valence-corrected chi connectivity index (χ2v) is 7.70. The molecule has 2 aromatic carbocycles. The maximum Gasteiger partial charge on any atom is 0.156 e. The molecule has 0 aliphatic carbocycles. The second-order valence-electron chi connectivity index (χ2n) is 6.00. The highest BCUT2D eigenvalue weighted by molar-refractivity contribution is 9.11. The topological polar surface area (TPSA) is 45.1 Å². The van der Waals surface area contributed by atoms with Crippen molar-refractivity contribution in [1.82, 2.24) is 4.98 Å². The van der Waals surface area contributed by atoms with Crippen LogP contribution in [-0.4, -0.2) is 10.1 Å². The summed E-state index contributed by atoms with van der Waals surface area (Å²) in [4.78, 5) is 4.61. The fourth-order valence-electron chi connectivity index (χ4n) is 2.75. The number of anilines is 1. The van der Waals surface area contributed by atoms with Crippen LogP contribution in [0.2, 0.25) is 0 Å². The number of nitrogens with zero attached hydrogens (tertiary/aromatic N) is 1. The average molecular weight is 450 g/mol. The molecule has 0 atom stereocenters. The molecule has 3 aromatic rings. The van der Waals surface area contributed by atoms with Crippen LogP contribution >= 0.6 is 31.9 Å². The highest BCUT2D eigenvalue weighted by Crippen LogP contribution is 2.36. The van der Waals surface area contributed by atoms with Gasteiger partial charge in [0.1, 0.15) is 5.52 Å². The first-order valence-electron chi connectivity index (χ1n) is 7.65. The van der Waals surface area contributed by atoms with Crippen molar-refractivity contribution >= 4 is 48.5 Å². The molecule has 0 aliphatic rings. The van der Waals surface area contributed by atoms with Crippen molar-refractivity contribution in [3.8, 4) is 5.75 Å². The summed E-state index contributed by atoms with van der Waals surface area (Å²) in [5.74, 6) is 0.164. The molecule has 0 radical (unpaired) electrons. The van der Waals surface area contributed by atoms with Crippen LogP contribution in [-0.2, 0) is 6.54 Å². The Kier molecular flexibility index (Phi) is 4.83. The number of fused-ring (bicyclic) bond motifs is 1. The van der Waals surface area contributed by atoms with Gasteiger partial charge in [0.2, 0.25) is 0 Å². The Labute approximate surface area is 158 Å². The highest BCUT2D eigenvalue weighted by Gasteiger charge is 2.11. The van der Waals surface area contributed by atoms with Gasteiger partial charge in [0.15, 0.2) is 5.75 Å². The molecule has 0 spiro atoms. The van der Waals surface area contributed by atoms with Crippen LogP contribution in [0.3, 0.4) is 0 Å². The van der Waals surface area contributed by atoms with Crippen molar-refractivity contribution in [3.63, 3.8) is 0 Å². The quantitative estimate of drug-likeness (QED) is 0.515. The van der Waals surface area contributed by atoms with Gasteiger partial charge in [0, 0.05) is 15.5 Å². The van der Waals surface area contributed by atoms with Gasteiger partial charge in [-0.2, -0.15) is 0 Å². The van der Waals surface area contributed by atoms with E-state index in [1.165, 1.54) is 16.7 Å². The third-order valence-corrected chi connectivity index (χ3v) is 5.45. The fourth-order valence-corrected chi connectivity index (χ4v) is 4.02. The predicted octanol–water partition coefficient (Wildman–Crippen LogP) is 6.00. The van der Waals surface area contributed by atoms with Gasteiger partial charge in [0.05, 0.1) is 16.7 Å². The molecule has 2 N–H and O–H groups in total. The predicted molar refractivity (Wildman–Crippen MR) is 107 cm³/mol. The molecule has 3 rings (SSSR count). The van der Waals surface area contributed by atoms with Gasteiger partial charge in [-0.15, -0.1) is 0 Å². The third-order valence-electron chi connectivity index (χ3n) is 4.19. The number of hydrogen-bond acceptors (Lipinski definition) is 3. The van der Waals surface area contributed by atoms with Crippen molar-refractivity contribution in [3.05, 3.63) is 61.7 Å². The zero-order valence-electron chi connectivity index (χ0n) is 13.7. The summed E-state index contributed by atoms with van der Waals surface area (Å²) in [5, 5.41) is 14.6. The number of nitrogens with one attached hydrogen (secondary N) is 1. The van der Waals surface area contributed by atoms with E-state index in [9.17, 15) is 5.11 Å². The minimum Gasteiger partial charge on any atom is -0.505 e. The molecule has 5 heteroatoms. The Balaban J connectivity index is 1.93. The number of aryl methyl sites for hydroxylation is 2. The average Bonchev–Trinajstić information content (AvgIpc) is 2.54. The molecule has 0 fully saturated rings. The Hall–Kier alpha value is -1.59. The van der Waals surface area contributed by atoms with E-state index in [1.54, 1.807) is 0 Å². The summed E-state index contributed by atoms with van der Waals surface area (Å²) in [6, 6.07) is 10.1. The van der Waals surface area contributed by atoms with E-state index in [4.69, 9.17) is 0 Å². The SMILES string of the molecule is Cc1cc(C)c(C)c(NCc2ccc3c(Br)cc(Br)c(O)c3n2)c1. The molecule has 3 nitrogen and oxygen atoms in total. The van der Waals surface area contributed by atoms with Gasteiger partial charge in [-0.3, -0.25) is 0 Å². The maximum absolute atomic E-state index is 10.3. The van der Waals surface area contributed by atoms with E-state index >= 15 is 0 Å². The largest absolute Gasteiger partial charge is 0.505 e. The van der Waals surface area contributed by atoms with Crippen LogP contribution in [0.5, 0.6) is 5.75 Å².